The third-order valence-electron chi connectivity index (χ3n) is 2.96. The Balaban J connectivity index is 2.21. The van der Waals surface area contributed by atoms with Crippen LogP contribution in [0.3, 0.4) is 0 Å². The molecule has 22 heavy (non-hydrogen) atoms. The van der Waals surface area contributed by atoms with Gasteiger partial charge in [-0.05, 0) is 37.7 Å². The Hall–Kier alpha value is -2.15. The number of carbonyl (C=O) groups is 2. The molecular weight excluding hydrogens is 291 g/mol. The van der Waals surface area contributed by atoms with Gasteiger partial charge < -0.3 is 14.7 Å². The van der Waals surface area contributed by atoms with Crippen LogP contribution >= 0.6 is 0 Å². The summed E-state index contributed by atoms with van der Waals surface area (Å²) in [6.45, 7) is 0.796. The van der Waals surface area contributed by atoms with E-state index in [0.717, 1.165) is 0 Å². The fraction of sp³-hybridized carbons (Fsp3) is 0.467. The van der Waals surface area contributed by atoms with Crippen molar-refractivity contribution in [1.82, 2.24) is 9.80 Å². The number of ether oxygens (including phenoxy) is 1. The van der Waals surface area contributed by atoms with Crippen LogP contribution in [-0.4, -0.2) is 67.1 Å². The van der Waals surface area contributed by atoms with Crippen molar-refractivity contribution in [1.29, 1.82) is 0 Å². The maximum atomic E-state index is 12.7. The number of amides is 1. The zero-order valence-electron chi connectivity index (χ0n) is 12.8. The van der Waals surface area contributed by atoms with Gasteiger partial charge in [0.2, 0.25) is 5.91 Å². The first kappa shape index (κ1) is 17.9. The van der Waals surface area contributed by atoms with Gasteiger partial charge in [0.1, 0.15) is 11.6 Å². The summed E-state index contributed by atoms with van der Waals surface area (Å²) in [7, 11) is 3.24. The second kappa shape index (κ2) is 8.99. The Morgan fingerprint density at radius 2 is 1.82 bits per heavy atom. The molecule has 0 radical (unpaired) electrons. The minimum absolute atomic E-state index is 0.0572. The lowest BCUT2D eigenvalue weighted by Crippen LogP contribution is -2.39. The van der Waals surface area contributed by atoms with Gasteiger partial charge in [0.25, 0.3) is 0 Å². The van der Waals surface area contributed by atoms with Crippen LogP contribution in [0, 0.1) is 5.82 Å². The minimum Gasteiger partial charge on any atom is -0.494 e. The number of likely N-dealkylation sites (N-methyl/N-ethyl adjacent to an activating group) is 2. The number of hydrogen-bond donors (Lipinski definition) is 1. The van der Waals surface area contributed by atoms with Crippen molar-refractivity contribution in [3.63, 3.8) is 0 Å². The van der Waals surface area contributed by atoms with E-state index in [0.29, 0.717) is 25.3 Å². The van der Waals surface area contributed by atoms with E-state index in [2.05, 4.69) is 0 Å². The molecule has 1 aromatic carbocycles. The fourth-order valence-electron chi connectivity index (χ4n) is 1.79. The normalized spacial score (nSPS) is 10.5. The number of aliphatic carboxylic acids is 1. The summed E-state index contributed by atoms with van der Waals surface area (Å²) in [5.74, 6) is -0.851. The number of hydrogen-bond acceptors (Lipinski definition) is 4. The van der Waals surface area contributed by atoms with Crippen LogP contribution in [0.4, 0.5) is 4.39 Å². The first-order valence-corrected chi connectivity index (χ1v) is 6.91. The summed E-state index contributed by atoms with van der Waals surface area (Å²) in [5, 5.41) is 8.63. The summed E-state index contributed by atoms with van der Waals surface area (Å²) in [6.07, 6.45) is 0.627. The molecule has 0 atom stereocenters. The van der Waals surface area contributed by atoms with Gasteiger partial charge in [-0.2, -0.15) is 0 Å². The molecule has 0 unspecified atom stereocenters. The van der Waals surface area contributed by atoms with Crippen LogP contribution in [0.2, 0.25) is 0 Å². The number of carboxylic acids is 1. The monoisotopic (exact) mass is 312 g/mol. The highest BCUT2D eigenvalue weighted by Gasteiger charge is 2.13. The highest BCUT2D eigenvalue weighted by Crippen LogP contribution is 2.11. The first-order valence-electron chi connectivity index (χ1n) is 6.91. The van der Waals surface area contributed by atoms with Crippen molar-refractivity contribution in [2.75, 3.05) is 40.3 Å². The number of halogens is 1. The molecular formula is C15H21FN2O4. The lowest BCUT2D eigenvalue weighted by atomic mass is 10.3. The van der Waals surface area contributed by atoms with Gasteiger partial charge in [-0.15, -0.1) is 0 Å². The summed E-state index contributed by atoms with van der Waals surface area (Å²) in [6, 6.07) is 5.74. The SMILES string of the molecule is CN(CC(=O)O)CC(=O)N(C)CCCOc1ccc(F)cc1. The average molecular weight is 312 g/mol. The molecule has 6 nitrogen and oxygen atoms in total. The second-order valence-corrected chi connectivity index (χ2v) is 5.04. The van der Waals surface area contributed by atoms with Gasteiger partial charge in [0, 0.05) is 13.6 Å². The van der Waals surface area contributed by atoms with Crippen LogP contribution < -0.4 is 4.74 Å². The van der Waals surface area contributed by atoms with Crippen molar-refractivity contribution in [2.24, 2.45) is 0 Å². The van der Waals surface area contributed by atoms with Crippen molar-refractivity contribution in [3.8, 4) is 5.75 Å². The number of nitrogens with zero attached hydrogens (tertiary/aromatic N) is 2. The summed E-state index contributed by atoms with van der Waals surface area (Å²) in [5.41, 5.74) is 0. The second-order valence-electron chi connectivity index (χ2n) is 5.04. The van der Waals surface area contributed by atoms with Crippen LogP contribution in [0.15, 0.2) is 24.3 Å². The van der Waals surface area contributed by atoms with E-state index in [4.69, 9.17) is 9.84 Å². The molecule has 0 aliphatic rings. The summed E-state index contributed by atoms with van der Waals surface area (Å²) in [4.78, 5) is 25.3. The third kappa shape index (κ3) is 7.03. The molecule has 0 aliphatic heterocycles. The Morgan fingerprint density at radius 1 is 1.18 bits per heavy atom. The Kier molecular flexibility index (Phi) is 7.31. The number of carbonyl (C=O) groups excluding carboxylic acids is 1. The van der Waals surface area contributed by atoms with Crippen molar-refractivity contribution in [3.05, 3.63) is 30.1 Å². The van der Waals surface area contributed by atoms with E-state index in [1.54, 1.807) is 26.2 Å². The van der Waals surface area contributed by atoms with Crippen LogP contribution in [0.5, 0.6) is 5.75 Å². The van der Waals surface area contributed by atoms with E-state index < -0.39 is 5.97 Å². The molecule has 122 valence electrons. The molecule has 1 rings (SSSR count). The Morgan fingerprint density at radius 3 is 2.41 bits per heavy atom. The maximum Gasteiger partial charge on any atom is 0.317 e. The fourth-order valence-corrected chi connectivity index (χ4v) is 1.79. The topological polar surface area (TPSA) is 70.1 Å². The van der Waals surface area contributed by atoms with E-state index >= 15 is 0 Å². The molecule has 0 saturated carbocycles. The standard InChI is InChI=1S/C15H21FN2O4/c1-17(11-15(20)21)10-14(19)18(2)8-3-9-22-13-6-4-12(16)5-7-13/h4-7H,3,8-11H2,1-2H3,(H,20,21). The van der Waals surface area contributed by atoms with Crippen LogP contribution in [-0.2, 0) is 9.59 Å². The highest BCUT2D eigenvalue weighted by molar-refractivity contribution is 5.78. The zero-order valence-corrected chi connectivity index (χ0v) is 12.8. The third-order valence-corrected chi connectivity index (χ3v) is 2.96. The molecule has 7 heteroatoms. The molecule has 0 aromatic heterocycles. The van der Waals surface area contributed by atoms with Gasteiger partial charge in [0.15, 0.2) is 0 Å². The minimum atomic E-state index is -0.967. The Labute approximate surface area is 129 Å². The van der Waals surface area contributed by atoms with E-state index in [9.17, 15) is 14.0 Å². The lowest BCUT2D eigenvalue weighted by molar-refractivity contribution is -0.139. The van der Waals surface area contributed by atoms with E-state index in [-0.39, 0.29) is 24.8 Å². The molecule has 0 saturated heterocycles. The predicted octanol–water partition coefficient (Wildman–Crippen LogP) is 1.07. The molecule has 1 amide bonds. The molecule has 0 fully saturated rings. The lowest BCUT2D eigenvalue weighted by Gasteiger charge is -2.20. The van der Waals surface area contributed by atoms with Crippen molar-refractivity contribution in [2.45, 2.75) is 6.42 Å². The summed E-state index contributed by atoms with van der Waals surface area (Å²) < 4.78 is 18.1. The molecule has 0 bridgehead atoms. The molecule has 0 spiro atoms. The molecule has 1 aromatic rings. The van der Waals surface area contributed by atoms with Gasteiger partial charge in [0.05, 0.1) is 19.7 Å². The molecule has 0 aliphatic carbocycles. The summed E-state index contributed by atoms with van der Waals surface area (Å²) >= 11 is 0. The first-order chi connectivity index (χ1) is 10.4. The zero-order chi connectivity index (χ0) is 16.5. The van der Waals surface area contributed by atoms with Crippen molar-refractivity contribution < 1.29 is 23.8 Å². The number of benzene rings is 1. The maximum absolute atomic E-state index is 12.7. The largest absolute Gasteiger partial charge is 0.494 e. The quantitative estimate of drug-likeness (QED) is 0.691. The van der Waals surface area contributed by atoms with Gasteiger partial charge in [-0.3, -0.25) is 14.5 Å². The molecule has 1 N–H and O–H groups in total. The van der Waals surface area contributed by atoms with Crippen LogP contribution in [0.25, 0.3) is 0 Å². The van der Waals surface area contributed by atoms with E-state index in [1.807, 2.05) is 0 Å². The highest BCUT2D eigenvalue weighted by atomic mass is 19.1. The number of rotatable bonds is 9. The van der Waals surface area contributed by atoms with Gasteiger partial charge >= 0.3 is 5.97 Å². The average Bonchev–Trinajstić information content (AvgIpc) is 2.44. The number of carboxylic acid groups (broad SMARTS) is 1. The van der Waals surface area contributed by atoms with E-state index in [1.165, 1.54) is 21.9 Å². The van der Waals surface area contributed by atoms with Crippen LogP contribution in [0.1, 0.15) is 6.42 Å². The Bertz CT molecular complexity index is 493. The smallest absolute Gasteiger partial charge is 0.317 e. The molecule has 0 heterocycles. The van der Waals surface area contributed by atoms with Gasteiger partial charge in [-0.25, -0.2) is 4.39 Å². The van der Waals surface area contributed by atoms with Gasteiger partial charge in [-0.1, -0.05) is 0 Å². The van der Waals surface area contributed by atoms with Crippen molar-refractivity contribution >= 4 is 11.9 Å². The predicted molar refractivity (Wildman–Crippen MR) is 79.3 cm³/mol.